The summed E-state index contributed by atoms with van der Waals surface area (Å²) < 4.78 is 102. The highest BCUT2D eigenvalue weighted by Gasteiger charge is 2.66. The number of halogens is 4. The zero-order valence-electron chi connectivity index (χ0n) is 26.7. The number of ether oxygens (including phenoxy) is 2. The Hall–Kier alpha value is -4.82. The van der Waals surface area contributed by atoms with Crippen molar-refractivity contribution in [2.75, 3.05) is 19.0 Å². The lowest BCUT2D eigenvalue weighted by Gasteiger charge is -2.14. The molecule has 0 saturated heterocycles. The fraction of sp³-hybridized carbons (Fsp3) is 0.357. The number of esters is 1. The summed E-state index contributed by atoms with van der Waals surface area (Å²) in [5.41, 5.74) is -0.972. The molecule has 226 valence electrons. The Bertz CT molecular complexity index is 1810. The second kappa shape index (κ2) is 11.8. The maximum absolute atomic E-state index is 14.9. The molecule has 15 heteroatoms. The van der Waals surface area contributed by atoms with Gasteiger partial charge < -0.3 is 19.3 Å². The first-order valence-electron chi connectivity index (χ1n) is 14.7. The van der Waals surface area contributed by atoms with Crippen molar-refractivity contribution in [1.29, 1.82) is 0 Å². The summed E-state index contributed by atoms with van der Waals surface area (Å²) in [6.07, 6.45) is -1.21. The maximum atomic E-state index is 14.9. The number of aromatic nitrogens is 5. The molecule has 0 bridgehead atoms. The molecule has 1 saturated carbocycles. The number of amides is 1. The van der Waals surface area contributed by atoms with Crippen molar-refractivity contribution in [1.82, 2.24) is 24.9 Å². The van der Waals surface area contributed by atoms with Crippen LogP contribution in [0.3, 0.4) is 0 Å². The lowest BCUT2D eigenvalue weighted by atomic mass is 10.0. The summed E-state index contributed by atoms with van der Waals surface area (Å²) in [7, 11) is 1.28. The van der Waals surface area contributed by atoms with Crippen molar-refractivity contribution < 1.29 is 46.6 Å². The molecule has 0 aliphatic heterocycles. The van der Waals surface area contributed by atoms with E-state index in [9.17, 15) is 27.2 Å². The number of benzene rings is 1. The van der Waals surface area contributed by atoms with Crippen molar-refractivity contribution in [3.63, 3.8) is 0 Å². The monoisotopic (exact) mass is 606 g/mol. The van der Waals surface area contributed by atoms with E-state index in [1.807, 2.05) is 0 Å². The first-order chi connectivity index (χ1) is 22.0. The fourth-order valence-corrected chi connectivity index (χ4v) is 4.24. The van der Waals surface area contributed by atoms with Crippen LogP contribution in [0.1, 0.15) is 48.0 Å². The van der Waals surface area contributed by atoms with Crippen molar-refractivity contribution in [3.8, 4) is 17.0 Å². The second-order valence-corrected chi connectivity index (χ2v) is 9.67. The quantitative estimate of drug-likeness (QED) is 0.195. The highest BCUT2D eigenvalue weighted by atomic mass is 19.4. The van der Waals surface area contributed by atoms with E-state index in [1.165, 1.54) is 43.9 Å². The van der Waals surface area contributed by atoms with Crippen LogP contribution >= 0.6 is 0 Å². The van der Waals surface area contributed by atoms with Gasteiger partial charge >= 0.3 is 12.1 Å². The van der Waals surface area contributed by atoms with Gasteiger partial charge in [-0.3, -0.25) is 14.3 Å². The number of hydrogen-bond acceptors (Lipinski definition) is 9. The van der Waals surface area contributed by atoms with E-state index >= 15 is 0 Å². The Morgan fingerprint density at radius 1 is 1.16 bits per heavy atom. The van der Waals surface area contributed by atoms with E-state index in [0.29, 0.717) is 21.4 Å². The molecule has 0 spiro atoms. The Balaban J connectivity index is 1.23. The second-order valence-electron chi connectivity index (χ2n) is 9.67. The molecular formula is C28H26F4N6O5. The van der Waals surface area contributed by atoms with E-state index in [4.69, 9.17) is 14.7 Å². The minimum absolute atomic E-state index is 0.0112. The predicted molar refractivity (Wildman–Crippen MR) is 141 cm³/mol. The number of rotatable bonds is 11. The predicted octanol–water partition coefficient (Wildman–Crippen LogP) is 4.40. The molecule has 1 aromatic carbocycles. The molecule has 43 heavy (non-hydrogen) atoms. The van der Waals surface area contributed by atoms with E-state index in [0.717, 1.165) is 13.0 Å². The molecule has 3 aromatic heterocycles. The largest absolute Gasteiger partial charge is 0.480 e. The third-order valence-corrected chi connectivity index (χ3v) is 6.63. The van der Waals surface area contributed by atoms with Crippen LogP contribution in [0.5, 0.6) is 5.88 Å². The van der Waals surface area contributed by atoms with Gasteiger partial charge in [0.15, 0.2) is 11.6 Å². The molecule has 1 N–H and O–H groups in total. The smallest absolute Gasteiger partial charge is 0.401 e. The van der Waals surface area contributed by atoms with Crippen molar-refractivity contribution in [2.45, 2.75) is 50.7 Å². The van der Waals surface area contributed by atoms with Gasteiger partial charge in [0.2, 0.25) is 11.8 Å². The van der Waals surface area contributed by atoms with Gasteiger partial charge in [0.05, 0.1) is 25.5 Å². The van der Waals surface area contributed by atoms with Crippen LogP contribution in [0.2, 0.25) is 0 Å². The third kappa shape index (κ3) is 6.65. The summed E-state index contributed by atoms with van der Waals surface area (Å²) in [5, 5.41) is 9.75. The van der Waals surface area contributed by atoms with Crippen LogP contribution in [-0.2, 0) is 39.1 Å². The fourth-order valence-electron chi connectivity index (χ4n) is 4.24. The Morgan fingerprint density at radius 3 is 2.53 bits per heavy atom. The molecule has 1 fully saturated rings. The van der Waals surface area contributed by atoms with Gasteiger partial charge in [0.1, 0.15) is 23.6 Å². The zero-order chi connectivity index (χ0) is 34.4. The standard InChI is InChI=1S/C28H26F4N6O5/c1-16(39)42-8-7-38-15-19(26(36-38)41-2)10-23-33-13-20(14-34-23)17-3-4-18(21(29)9-17)11-25(40)35-24-12-22(43-37-24)27(5-6-27)28(30,31)32/h3-4,9,12-15H,5-8,10-11H2,1-2H3,(H,35,37,40)/i7D2,8D2. The average molecular weight is 607 g/mol. The van der Waals surface area contributed by atoms with Crippen LogP contribution in [-0.4, -0.2) is 56.6 Å². The van der Waals surface area contributed by atoms with E-state index in [2.05, 4.69) is 30.3 Å². The van der Waals surface area contributed by atoms with Crippen molar-refractivity contribution >= 4 is 17.7 Å². The number of carbonyl (C=O) groups is 2. The van der Waals surface area contributed by atoms with Crippen LogP contribution < -0.4 is 10.1 Å². The van der Waals surface area contributed by atoms with Crippen LogP contribution in [0.25, 0.3) is 11.1 Å². The van der Waals surface area contributed by atoms with Gasteiger partial charge in [0.25, 0.3) is 0 Å². The normalized spacial score (nSPS) is 16.0. The summed E-state index contributed by atoms with van der Waals surface area (Å²) >= 11 is 0. The van der Waals surface area contributed by atoms with Crippen molar-refractivity contribution in [2.24, 2.45) is 0 Å². The van der Waals surface area contributed by atoms with Gasteiger partial charge in [-0.15, -0.1) is 5.10 Å². The molecule has 1 aliphatic carbocycles. The molecule has 1 amide bonds. The minimum Gasteiger partial charge on any atom is -0.480 e. The molecule has 5 rings (SSSR count). The van der Waals surface area contributed by atoms with Crippen LogP contribution in [0.15, 0.2) is 47.4 Å². The maximum Gasteiger partial charge on any atom is 0.401 e. The number of aryl methyl sites for hydroxylation is 1. The minimum atomic E-state index is -4.50. The van der Waals surface area contributed by atoms with Crippen LogP contribution in [0, 0.1) is 5.82 Å². The Kier molecular flexibility index (Phi) is 6.80. The van der Waals surface area contributed by atoms with Gasteiger partial charge in [-0.05, 0) is 30.0 Å². The van der Waals surface area contributed by atoms with Gasteiger partial charge in [0, 0.05) is 49.1 Å². The van der Waals surface area contributed by atoms with Crippen molar-refractivity contribution in [3.05, 3.63) is 71.4 Å². The third-order valence-electron chi connectivity index (χ3n) is 6.63. The number of nitrogens with one attached hydrogen (secondary N) is 1. The number of anilines is 1. The van der Waals surface area contributed by atoms with Gasteiger partial charge in [-0.25, -0.2) is 14.4 Å². The lowest BCUT2D eigenvalue weighted by Crippen LogP contribution is -2.28. The number of carbonyl (C=O) groups excluding carboxylic acids is 2. The molecule has 0 unspecified atom stereocenters. The Labute approximate surface area is 247 Å². The molecule has 0 radical (unpaired) electrons. The number of alkyl halides is 3. The molecular weight excluding hydrogens is 576 g/mol. The lowest BCUT2D eigenvalue weighted by molar-refractivity contribution is -0.165. The topological polar surface area (TPSA) is 134 Å². The first kappa shape index (κ1) is 24.7. The van der Waals surface area contributed by atoms with E-state index in [-0.39, 0.29) is 48.1 Å². The molecule has 0 atom stereocenters. The van der Waals surface area contributed by atoms with Gasteiger partial charge in [-0.2, -0.15) is 13.2 Å². The number of hydrogen-bond donors (Lipinski definition) is 1. The summed E-state index contributed by atoms with van der Waals surface area (Å²) in [5.74, 6) is -2.86. The highest BCUT2D eigenvalue weighted by Crippen LogP contribution is 2.59. The average Bonchev–Trinajstić information content (AvgIpc) is 3.52. The molecule has 1 aliphatic rings. The van der Waals surface area contributed by atoms with E-state index in [1.54, 1.807) is 0 Å². The number of nitrogens with zero attached hydrogens (tertiary/aromatic N) is 5. The molecule has 11 nitrogen and oxygen atoms in total. The number of methoxy groups -OCH3 is 1. The Morgan fingerprint density at radius 2 is 1.91 bits per heavy atom. The first-order valence-corrected chi connectivity index (χ1v) is 12.7. The summed E-state index contributed by atoms with van der Waals surface area (Å²) in [6, 6.07) is 5.09. The van der Waals surface area contributed by atoms with Gasteiger partial charge in [-0.1, -0.05) is 17.3 Å². The molecule has 3 heterocycles. The van der Waals surface area contributed by atoms with Crippen LogP contribution in [0.4, 0.5) is 23.4 Å². The van der Waals surface area contributed by atoms with E-state index < -0.39 is 48.8 Å². The summed E-state index contributed by atoms with van der Waals surface area (Å²) in [6.45, 7) is -5.01. The SMILES string of the molecule is [2H]C([2H])(OC(C)=O)C([2H])([2H])n1cc(Cc2ncc(-c3ccc(CC(=O)Nc4cc(C5(C(F)(F)F)CC5)on4)c(F)c3)cn2)c(OC)n1. The zero-order valence-corrected chi connectivity index (χ0v) is 22.7. The molecule has 4 aromatic rings. The summed E-state index contributed by atoms with van der Waals surface area (Å²) in [4.78, 5) is 32.2. The highest BCUT2D eigenvalue weighted by molar-refractivity contribution is 5.91.